The topological polar surface area (TPSA) is 34.1 Å². The zero-order chi connectivity index (χ0) is 14.9. The molecule has 0 unspecified atom stereocenters. The molecule has 0 spiro atoms. The largest absolute Gasteiger partial charge is 0.496 e. The zero-order valence-corrected chi connectivity index (χ0v) is 14.1. The first kappa shape index (κ1) is 14.9. The van der Waals surface area contributed by atoms with Crippen molar-refractivity contribution >= 4 is 27.4 Å². The Kier molecular flexibility index (Phi) is 4.33. The molecule has 0 aliphatic rings. The van der Waals surface area contributed by atoms with Crippen molar-refractivity contribution in [1.29, 1.82) is 0 Å². The second kappa shape index (κ2) is 5.83. The number of rotatable bonds is 3. The van der Waals surface area contributed by atoms with Crippen molar-refractivity contribution in [3.05, 3.63) is 45.1 Å². The van der Waals surface area contributed by atoms with Gasteiger partial charge in [-0.05, 0) is 78.5 Å². The maximum atomic E-state index is 5.45. The van der Waals surface area contributed by atoms with Gasteiger partial charge >= 0.3 is 0 Å². The second-order valence-electron chi connectivity index (χ2n) is 4.91. The van der Waals surface area contributed by atoms with E-state index in [-0.39, 0.29) is 0 Å². The Bertz CT molecular complexity index is 653. The Hall–Kier alpha value is -1.55. The predicted octanol–water partition coefficient (Wildman–Crippen LogP) is 4.83. The Balaban J connectivity index is 2.41. The Morgan fingerprint density at radius 1 is 1.10 bits per heavy atom. The highest BCUT2D eigenvalue weighted by Gasteiger charge is 2.11. The highest BCUT2D eigenvalue weighted by Crippen LogP contribution is 2.32. The van der Waals surface area contributed by atoms with Crippen LogP contribution in [0.5, 0.6) is 5.75 Å². The van der Waals surface area contributed by atoms with Gasteiger partial charge in [0.25, 0.3) is 0 Å². The first-order chi connectivity index (χ1) is 9.43. The lowest BCUT2D eigenvalue weighted by atomic mass is 10.0. The van der Waals surface area contributed by atoms with Gasteiger partial charge in [0.05, 0.1) is 12.8 Å². The number of ether oxygens (including phenoxy) is 1. The van der Waals surface area contributed by atoms with Gasteiger partial charge in [-0.25, -0.2) is 4.98 Å². The molecule has 20 heavy (non-hydrogen) atoms. The van der Waals surface area contributed by atoms with Crippen LogP contribution in [-0.4, -0.2) is 12.1 Å². The van der Waals surface area contributed by atoms with Gasteiger partial charge in [0.15, 0.2) is 0 Å². The lowest BCUT2D eigenvalue weighted by molar-refractivity contribution is 0.408. The average Bonchev–Trinajstić information content (AvgIpc) is 2.40. The number of aromatic nitrogens is 1. The molecule has 0 amide bonds. The Labute approximate surface area is 128 Å². The van der Waals surface area contributed by atoms with Crippen molar-refractivity contribution in [3.63, 3.8) is 0 Å². The molecule has 0 saturated carbocycles. The van der Waals surface area contributed by atoms with Crippen LogP contribution in [0.2, 0.25) is 0 Å². The summed E-state index contributed by atoms with van der Waals surface area (Å²) in [5, 5.41) is 3.39. The summed E-state index contributed by atoms with van der Waals surface area (Å²) in [5.41, 5.74) is 5.48. The predicted molar refractivity (Wildman–Crippen MR) is 87.2 cm³/mol. The molecular weight excluding hydrogens is 316 g/mol. The van der Waals surface area contributed by atoms with E-state index in [1.54, 1.807) is 7.11 Å². The van der Waals surface area contributed by atoms with Gasteiger partial charge in [-0.15, -0.1) is 0 Å². The molecule has 1 aromatic heterocycles. The van der Waals surface area contributed by atoms with Crippen molar-refractivity contribution in [3.8, 4) is 5.75 Å². The van der Waals surface area contributed by atoms with Gasteiger partial charge in [-0.3, -0.25) is 0 Å². The summed E-state index contributed by atoms with van der Waals surface area (Å²) in [6.07, 6.45) is 0. The number of halogens is 1. The van der Waals surface area contributed by atoms with Crippen LogP contribution in [0.25, 0.3) is 0 Å². The molecule has 4 heteroatoms. The number of nitrogens with zero attached hydrogens (tertiary/aromatic N) is 1. The van der Waals surface area contributed by atoms with Gasteiger partial charge in [-0.2, -0.15) is 0 Å². The van der Waals surface area contributed by atoms with Gasteiger partial charge in [0.2, 0.25) is 0 Å². The molecule has 1 N–H and O–H groups in total. The molecule has 0 radical (unpaired) electrons. The van der Waals surface area contributed by atoms with Crippen molar-refractivity contribution in [1.82, 2.24) is 4.98 Å². The van der Waals surface area contributed by atoms with E-state index in [1.807, 2.05) is 19.1 Å². The van der Waals surface area contributed by atoms with Crippen molar-refractivity contribution in [2.24, 2.45) is 0 Å². The number of methoxy groups -OCH3 is 1. The monoisotopic (exact) mass is 334 g/mol. The first-order valence-electron chi connectivity index (χ1n) is 6.49. The lowest BCUT2D eigenvalue weighted by Crippen LogP contribution is -2.01. The van der Waals surface area contributed by atoms with E-state index < -0.39 is 0 Å². The molecule has 2 aromatic rings. The van der Waals surface area contributed by atoms with Gasteiger partial charge < -0.3 is 10.1 Å². The van der Waals surface area contributed by atoms with Crippen LogP contribution in [0.15, 0.2) is 22.7 Å². The minimum absolute atomic E-state index is 0.845. The maximum absolute atomic E-state index is 5.45. The average molecular weight is 335 g/mol. The molecule has 106 valence electrons. The molecule has 0 atom stereocenters. The highest BCUT2D eigenvalue weighted by atomic mass is 79.9. The minimum Gasteiger partial charge on any atom is -0.496 e. The van der Waals surface area contributed by atoms with Crippen LogP contribution < -0.4 is 10.1 Å². The van der Waals surface area contributed by atoms with Crippen molar-refractivity contribution in [2.45, 2.75) is 27.7 Å². The summed E-state index contributed by atoms with van der Waals surface area (Å²) in [6, 6.07) is 6.06. The third-order valence-corrected chi connectivity index (χ3v) is 4.35. The van der Waals surface area contributed by atoms with Crippen LogP contribution in [-0.2, 0) is 0 Å². The number of aryl methyl sites for hydroxylation is 2. The molecule has 2 rings (SSSR count). The van der Waals surface area contributed by atoms with Gasteiger partial charge in [0.1, 0.15) is 11.6 Å². The van der Waals surface area contributed by atoms with E-state index in [0.29, 0.717) is 0 Å². The van der Waals surface area contributed by atoms with Crippen LogP contribution in [0.3, 0.4) is 0 Å². The summed E-state index contributed by atoms with van der Waals surface area (Å²) in [5.74, 6) is 1.80. The van der Waals surface area contributed by atoms with Crippen molar-refractivity contribution in [2.75, 3.05) is 12.4 Å². The number of hydrogen-bond acceptors (Lipinski definition) is 3. The summed E-state index contributed by atoms with van der Waals surface area (Å²) in [7, 11) is 1.71. The van der Waals surface area contributed by atoms with Crippen molar-refractivity contribution < 1.29 is 4.74 Å². The number of benzene rings is 1. The number of pyridine rings is 1. The fourth-order valence-electron chi connectivity index (χ4n) is 2.25. The van der Waals surface area contributed by atoms with E-state index in [4.69, 9.17) is 4.74 Å². The Morgan fingerprint density at radius 2 is 1.80 bits per heavy atom. The fraction of sp³-hybridized carbons (Fsp3) is 0.312. The van der Waals surface area contributed by atoms with Crippen LogP contribution in [0, 0.1) is 27.7 Å². The number of nitrogens with one attached hydrogen (secondary N) is 1. The van der Waals surface area contributed by atoms with E-state index in [9.17, 15) is 0 Å². The Morgan fingerprint density at radius 3 is 2.40 bits per heavy atom. The summed E-state index contributed by atoms with van der Waals surface area (Å²) < 4.78 is 6.46. The van der Waals surface area contributed by atoms with E-state index in [1.165, 1.54) is 5.56 Å². The van der Waals surface area contributed by atoms with E-state index >= 15 is 0 Å². The molecule has 0 aliphatic carbocycles. The normalized spacial score (nSPS) is 10.5. The summed E-state index contributed by atoms with van der Waals surface area (Å²) in [6.45, 7) is 8.20. The standard InChI is InChI=1S/C16H19BrN2O/c1-9-8-14(10(2)11(3)16(9)20-5)19-15-7-6-13(17)12(4)18-15/h6-8H,1-5H3,(H,18,19). The molecule has 1 aromatic carbocycles. The number of hydrogen-bond donors (Lipinski definition) is 1. The molecule has 0 aliphatic heterocycles. The van der Waals surface area contributed by atoms with Crippen LogP contribution in [0.4, 0.5) is 11.5 Å². The SMILES string of the molecule is COc1c(C)cc(Nc2ccc(Br)c(C)n2)c(C)c1C. The third-order valence-electron chi connectivity index (χ3n) is 3.51. The third kappa shape index (κ3) is 2.80. The summed E-state index contributed by atoms with van der Waals surface area (Å²) in [4.78, 5) is 4.52. The molecular formula is C16H19BrN2O. The molecule has 0 saturated heterocycles. The molecule has 1 heterocycles. The first-order valence-corrected chi connectivity index (χ1v) is 7.28. The van der Waals surface area contributed by atoms with Crippen LogP contribution >= 0.6 is 15.9 Å². The van der Waals surface area contributed by atoms with E-state index in [0.717, 1.165) is 38.5 Å². The fourth-order valence-corrected chi connectivity index (χ4v) is 2.47. The minimum atomic E-state index is 0.845. The molecule has 0 bridgehead atoms. The molecule has 0 fully saturated rings. The second-order valence-corrected chi connectivity index (χ2v) is 5.77. The van der Waals surface area contributed by atoms with Gasteiger partial charge in [0, 0.05) is 10.2 Å². The van der Waals surface area contributed by atoms with E-state index in [2.05, 4.69) is 53.1 Å². The van der Waals surface area contributed by atoms with Crippen LogP contribution in [0.1, 0.15) is 22.4 Å². The smallest absolute Gasteiger partial charge is 0.130 e. The highest BCUT2D eigenvalue weighted by molar-refractivity contribution is 9.10. The lowest BCUT2D eigenvalue weighted by Gasteiger charge is -2.17. The number of anilines is 2. The summed E-state index contributed by atoms with van der Waals surface area (Å²) >= 11 is 3.46. The maximum Gasteiger partial charge on any atom is 0.130 e. The van der Waals surface area contributed by atoms with Gasteiger partial charge in [-0.1, -0.05) is 0 Å². The molecule has 3 nitrogen and oxygen atoms in total. The zero-order valence-electron chi connectivity index (χ0n) is 12.5. The quantitative estimate of drug-likeness (QED) is 0.872.